The quantitative estimate of drug-likeness (QED) is 0.839. The second-order valence-electron chi connectivity index (χ2n) is 6.02. The summed E-state index contributed by atoms with van der Waals surface area (Å²) in [4.78, 5) is 0. The molecule has 0 aromatic heterocycles. The lowest BCUT2D eigenvalue weighted by Crippen LogP contribution is -2.38. The lowest BCUT2D eigenvalue weighted by Gasteiger charge is -2.35. The molecule has 0 radical (unpaired) electrons. The minimum absolute atomic E-state index is 0.338. The van der Waals surface area contributed by atoms with Crippen LogP contribution in [-0.4, -0.2) is 6.04 Å². The highest BCUT2D eigenvalue weighted by Gasteiger charge is 2.29. The Labute approximate surface area is 112 Å². The van der Waals surface area contributed by atoms with E-state index in [1.165, 1.54) is 31.2 Å². The summed E-state index contributed by atoms with van der Waals surface area (Å²) >= 11 is 0. The third kappa shape index (κ3) is 3.14. The number of rotatable bonds is 4. The largest absolute Gasteiger partial charge is 0.327 e. The summed E-state index contributed by atoms with van der Waals surface area (Å²) in [6.45, 7) is 4.64. The fraction of sp³-hybridized carbons (Fsp3) is 0.647. The SMILES string of the molecule is CCC(c1ccccc1)C(N)C1CCC(C)CC1. The molecule has 1 fully saturated rings. The first-order valence-electron chi connectivity index (χ1n) is 7.53. The smallest absolute Gasteiger partial charge is 0.0136 e. The minimum Gasteiger partial charge on any atom is -0.327 e. The van der Waals surface area contributed by atoms with Crippen LogP contribution in [-0.2, 0) is 0 Å². The molecule has 2 N–H and O–H groups in total. The standard InChI is InChI=1S/C17H27N/c1-3-16(14-7-5-4-6-8-14)17(18)15-11-9-13(2)10-12-15/h4-8,13,15-17H,3,9-12,18H2,1-2H3. The molecule has 2 atom stereocenters. The fourth-order valence-electron chi connectivity index (χ4n) is 3.43. The van der Waals surface area contributed by atoms with Gasteiger partial charge in [0.15, 0.2) is 0 Å². The molecule has 1 aromatic rings. The third-order valence-corrected chi connectivity index (χ3v) is 4.74. The molecule has 1 aliphatic rings. The predicted molar refractivity (Wildman–Crippen MR) is 78.6 cm³/mol. The molecule has 0 heterocycles. The van der Waals surface area contributed by atoms with E-state index in [2.05, 4.69) is 44.2 Å². The molecule has 2 rings (SSSR count). The van der Waals surface area contributed by atoms with Crippen LogP contribution in [0.2, 0.25) is 0 Å². The zero-order valence-electron chi connectivity index (χ0n) is 11.8. The van der Waals surface area contributed by atoms with Crippen molar-refractivity contribution in [3.8, 4) is 0 Å². The Morgan fingerprint density at radius 3 is 2.28 bits per heavy atom. The minimum atomic E-state index is 0.338. The van der Waals surface area contributed by atoms with E-state index in [0.717, 1.165) is 18.3 Å². The molecule has 1 aromatic carbocycles. The maximum atomic E-state index is 6.58. The topological polar surface area (TPSA) is 26.0 Å². The van der Waals surface area contributed by atoms with Crippen LogP contribution in [0.3, 0.4) is 0 Å². The average Bonchev–Trinajstić information content (AvgIpc) is 2.41. The van der Waals surface area contributed by atoms with Crippen molar-refractivity contribution < 1.29 is 0 Å². The molecule has 0 amide bonds. The van der Waals surface area contributed by atoms with Crippen molar-refractivity contribution in [3.05, 3.63) is 35.9 Å². The normalized spacial score (nSPS) is 27.7. The first-order chi connectivity index (χ1) is 8.72. The van der Waals surface area contributed by atoms with Crippen LogP contribution in [0.25, 0.3) is 0 Å². The van der Waals surface area contributed by atoms with Gasteiger partial charge in [0.2, 0.25) is 0 Å². The Kier molecular flexibility index (Phi) is 4.82. The van der Waals surface area contributed by atoms with Crippen LogP contribution >= 0.6 is 0 Å². The van der Waals surface area contributed by atoms with Gasteiger partial charge in [-0.25, -0.2) is 0 Å². The zero-order chi connectivity index (χ0) is 13.0. The maximum absolute atomic E-state index is 6.58. The molecule has 1 aliphatic carbocycles. The first-order valence-corrected chi connectivity index (χ1v) is 7.53. The lowest BCUT2D eigenvalue weighted by molar-refractivity contribution is 0.234. The highest BCUT2D eigenvalue weighted by atomic mass is 14.7. The molecule has 2 unspecified atom stereocenters. The molecule has 1 saturated carbocycles. The highest BCUT2D eigenvalue weighted by molar-refractivity contribution is 5.21. The molecular weight excluding hydrogens is 218 g/mol. The van der Waals surface area contributed by atoms with Crippen molar-refractivity contribution >= 4 is 0 Å². The summed E-state index contributed by atoms with van der Waals surface area (Å²) in [7, 11) is 0. The molecule has 0 spiro atoms. The van der Waals surface area contributed by atoms with Gasteiger partial charge in [-0.05, 0) is 42.6 Å². The Morgan fingerprint density at radius 1 is 1.11 bits per heavy atom. The summed E-state index contributed by atoms with van der Waals surface area (Å²) in [5, 5.41) is 0. The van der Waals surface area contributed by atoms with E-state index < -0.39 is 0 Å². The Bertz CT molecular complexity index is 338. The van der Waals surface area contributed by atoms with Gasteiger partial charge in [0.1, 0.15) is 0 Å². The van der Waals surface area contributed by atoms with Crippen molar-refractivity contribution in [2.24, 2.45) is 17.6 Å². The van der Waals surface area contributed by atoms with Crippen molar-refractivity contribution in [1.82, 2.24) is 0 Å². The Balaban J connectivity index is 2.04. The van der Waals surface area contributed by atoms with Crippen LogP contribution in [0, 0.1) is 11.8 Å². The molecule has 18 heavy (non-hydrogen) atoms. The number of hydrogen-bond acceptors (Lipinski definition) is 1. The second-order valence-corrected chi connectivity index (χ2v) is 6.02. The van der Waals surface area contributed by atoms with E-state index in [4.69, 9.17) is 5.73 Å². The highest BCUT2D eigenvalue weighted by Crippen LogP contribution is 2.35. The number of benzene rings is 1. The van der Waals surface area contributed by atoms with Crippen LogP contribution in [0.4, 0.5) is 0 Å². The van der Waals surface area contributed by atoms with Gasteiger partial charge in [-0.3, -0.25) is 0 Å². The van der Waals surface area contributed by atoms with E-state index >= 15 is 0 Å². The van der Waals surface area contributed by atoms with Crippen molar-refractivity contribution in [2.45, 2.75) is 57.9 Å². The number of hydrogen-bond donors (Lipinski definition) is 1. The Morgan fingerprint density at radius 2 is 1.72 bits per heavy atom. The summed E-state index contributed by atoms with van der Waals surface area (Å²) in [5.74, 6) is 2.17. The van der Waals surface area contributed by atoms with Gasteiger partial charge in [-0.2, -0.15) is 0 Å². The molecule has 1 nitrogen and oxygen atoms in total. The summed E-state index contributed by atoms with van der Waals surface area (Å²) < 4.78 is 0. The van der Waals surface area contributed by atoms with Crippen molar-refractivity contribution in [2.75, 3.05) is 0 Å². The van der Waals surface area contributed by atoms with Gasteiger partial charge in [-0.15, -0.1) is 0 Å². The van der Waals surface area contributed by atoms with E-state index in [-0.39, 0.29) is 0 Å². The van der Waals surface area contributed by atoms with Gasteiger partial charge in [0.25, 0.3) is 0 Å². The monoisotopic (exact) mass is 245 g/mol. The molecule has 100 valence electrons. The van der Waals surface area contributed by atoms with E-state index in [1.807, 2.05) is 0 Å². The van der Waals surface area contributed by atoms with E-state index in [9.17, 15) is 0 Å². The molecular formula is C17H27N. The van der Waals surface area contributed by atoms with E-state index in [0.29, 0.717) is 12.0 Å². The van der Waals surface area contributed by atoms with Gasteiger partial charge >= 0.3 is 0 Å². The molecule has 0 aliphatic heterocycles. The van der Waals surface area contributed by atoms with E-state index in [1.54, 1.807) is 0 Å². The van der Waals surface area contributed by atoms with Crippen LogP contribution in [0.15, 0.2) is 30.3 Å². The summed E-state index contributed by atoms with van der Waals surface area (Å²) in [6.07, 6.45) is 6.53. The second kappa shape index (κ2) is 6.38. The lowest BCUT2D eigenvalue weighted by atomic mass is 9.74. The molecule has 0 bridgehead atoms. The summed E-state index contributed by atoms with van der Waals surface area (Å²) in [5.41, 5.74) is 8.00. The third-order valence-electron chi connectivity index (χ3n) is 4.74. The van der Waals surface area contributed by atoms with Gasteiger partial charge < -0.3 is 5.73 Å². The first kappa shape index (κ1) is 13.6. The maximum Gasteiger partial charge on any atom is 0.0136 e. The fourth-order valence-corrected chi connectivity index (χ4v) is 3.43. The predicted octanol–water partition coefficient (Wildman–Crippen LogP) is 4.33. The van der Waals surface area contributed by atoms with Gasteiger partial charge in [-0.1, -0.05) is 57.0 Å². The number of nitrogens with two attached hydrogens (primary N) is 1. The zero-order valence-corrected chi connectivity index (χ0v) is 11.8. The molecule has 1 heteroatoms. The molecule has 0 saturated heterocycles. The van der Waals surface area contributed by atoms with Gasteiger partial charge in [0, 0.05) is 6.04 Å². The van der Waals surface area contributed by atoms with Crippen LogP contribution in [0.5, 0.6) is 0 Å². The van der Waals surface area contributed by atoms with Gasteiger partial charge in [0.05, 0.1) is 0 Å². The Hall–Kier alpha value is -0.820. The van der Waals surface area contributed by atoms with Crippen molar-refractivity contribution in [3.63, 3.8) is 0 Å². The average molecular weight is 245 g/mol. The van der Waals surface area contributed by atoms with Crippen molar-refractivity contribution in [1.29, 1.82) is 0 Å². The van der Waals surface area contributed by atoms with Crippen LogP contribution in [0.1, 0.15) is 57.4 Å². The summed E-state index contributed by atoms with van der Waals surface area (Å²) in [6, 6.07) is 11.2. The van der Waals surface area contributed by atoms with Crippen LogP contribution < -0.4 is 5.73 Å².